The molecule has 1 aromatic heterocycles. The average Bonchev–Trinajstić information content (AvgIpc) is 2.93. The predicted molar refractivity (Wildman–Crippen MR) is 65.1 cm³/mol. The van der Waals surface area contributed by atoms with Crippen LogP contribution < -0.4 is 20.7 Å². The molecular formula is C11H15N5O2. The van der Waals surface area contributed by atoms with Crippen molar-refractivity contribution in [2.75, 3.05) is 14.2 Å². The van der Waals surface area contributed by atoms with Crippen molar-refractivity contribution in [3.63, 3.8) is 0 Å². The number of methoxy groups -OCH3 is 2. The number of benzene rings is 1. The summed E-state index contributed by atoms with van der Waals surface area (Å²) in [4.78, 5) is 4.08. The highest BCUT2D eigenvalue weighted by Gasteiger charge is 2.17. The fourth-order valence-electron chi connectivity index (χ4n) is 1.68. The van der Waals surface area contributed by atoms with E-state index >= 15 is 0 Å². The van der Waals surface area contributed by atoms with Crippen LogP contribution in [0.1, 0.15) is 17.4 Å². The van der Waals surface area contributed by atoms with Crippen molar-refractivity contribution >= 4 is 0 Å². The number of ether oxygens (including phenoxy) is 2. The molecule has 2 aromatic rings. The molecule has 7 heteroatoms. The smallest absolute Gasteiger partial charge is 0.147 e. The number of H-pyrrole nitrogens is 1. The highest BCUT2D eigenvalue weighted by Crippen LogP contribution is 2.28. The Morgan fingerprint density at radius 3 is 2.33 bits per heavy atom. The van der Waals surface area contributed by atoms with Gasteiger partial charge in [0.15, 0.2) is 0 Å². The number of rotatable bonds is 5. The summed E-state index contributed by atoms with van der Waals surface area (Å²) in [6, 6.07) is 5.19. The van der Waals surface area contributed by atoms with Crippen molar-refractivity contribution < 1.29 is 9.47 Å². The number of hydrogen-bond donors (Lipinski definition) is 3. The molecular weight excluding hydrogens is 234 g/mol. The summed E-state index contributed by atoms with van der Waals surface area (Å²) >= 11 is 0. The number of hydrogen-bond acceptors (Lipinski definition) is 6. The molecule has 96 valence electrons. The lowest BCUT2D eigenvalue weighted by Crippen LogP contribution is -2.29. The zero-order valence-corrected chi connectivity index (χ0v) is 10.2. The average molecular weight is 249 g/mol. The van der Waals surface area contributed by atoms with Gasteiger partial charge in [-0.2, -0.15) is 5.10 Å². The van der Waals surface area contributed by atoms with Gasteiger partial charge < -0.3 is 9.47 Å². The third-order valence-corrected chi connectivity index (χ3v) is 2.58. The Morgan fingerprint density at radius 1 is 1.22 bits per heavy atom. The van der Waals surface area contributed by atoms with Crippen LogP contribution in [0, 0.1) is 0 Å². The van der Waals surface area contributed by atoms with Crippen molar-refractivity contribution in [1.82, 2.24) is 20.6 Å². The molecule has 0 amide bonds. The van der Waals surface area contributed by atoms with Gasteiger partial charge in [-0.25, -0.2) is 10.4 Å². The number of hydrazine groups is 1. The largest absolute Gasteiger partial charge is 0.497 e. The summed E-state index contributed by atoms with van der Waals surface area (Å²) in [5, 5.41) is 6.58. The summed E-state index contributed by atoms with van der Waals surface area (Å²) in [6.45, 7) is 0. The van der Waals surface area contributed by atoms with Crippen LogP contribution in [-0.4, -0.2) is 29.4 Å². The lowest BCUT2D eigenvalue weighted by Gasteiger charge is -2.15. The Labute approximate surface area is 104 Å². The minimum absolute atomic E-state index is 0.309. The second-order valence-electron chi connectivity index (χ2n) is 3.62. The van der Waals surface area contributed by atoms with Gasteiger partial charge in [0.25, 0.3) is 0 Å². The summed E-state index contributed by atoms with van der Waals surface area (Å²) in [7, 11) is 3.19. The van der Waals surface area contributed by atoms with E-state index in [0.29, 0.717) is 17.3 Å². The molecule has 0 aliphatic carbocycles. The normalized spacial score (nSPS) is 12.2. The third kappa shape index (κ3) is 2.41. The first kappa shape index (κ1) is 12.3. The van der Waals surface area contributed by atoms with Gasteiger partial charge in [-0.05, 0) is 17.7 Å². The zero-order chi connectivity index (χ0) is 13.0. The van der Waals surface area contributed by atoms with Gasteiger partial charge in [-0.3, -0.25) is 10.9 Å². The monoisotopic (exact) mass is 249 g/mol. The van der Waals surface area contributed by atoms with Gasteiger partial charge in [0.1, 0.15) is 29.7 Å². The first-order valence-corrected chi connectivity index (χ1v) is 5.33. The number of nitrogens with one attached hydrogen (secondary N) is 2. The van der Waals surface area contributed by atoms with Gasteiger partial charge in [0.2, 0.25) is 0 Å². The molecule has 1 unspecified atom stereocenters. The van der Waals surface area contributed by atoms with Gasteiger partial charge in [-0.15, -0.1) is 0 Å². The van der Waals surface area contributed by atoms with E-state index in [-0.39, 0.29) is 6.04 Å². The van der Waals surface area contributed by atoms with E-state index in [0.717, 1.165) is 5.56 Å². The zero-order valence-electron chi connectivity index (χ0n) is 10.2. The van der Waals surface area contributed by atoms with Crippen molar-refractivity contribution in [2.45, 2.75) is 6.04 Å². The molecule has 4 N–H and O–H groups in total. The Bertz CT molecular complexity index is 478. The minimum Gasteiger partial charge on any atom is -0.497 e. The van der Waals surface area contributed by atoms with E-state index in [1.165, 1.54) is 6.33 Å². The maximum Gasteiger partial charge on any atom is 0.147 e. The molecule has 1 heterocycles. The summed E-state index contributed by atoms with van der Waals surface area (Å²) in [5.41, 5.74) is 3.54. The topological polar surface area (TPSA) is 98.1 Å². The first-order chi connectivity index (χ1) is 8.78. The van der Waals surface area contributed by atoms with Crippen LogP contribution in [0.4, 0.5) is 0 Å². The molecule has 0 saturated heterocycles. The molecule has 0 spiro atoms. The van der Waals surface area contributed by atoms with Crippen molar-refractivity contribution in [1.29, 1.82) is 0 Å². The maximum absolute atomic E-state index is 5.56. The van der Waals surface area contributed by atoms with E-state index in [4.69, 9.17) is 15.3 Å². The van der Waals surface area contributed by atoms with Gasteiger partial charge in [-0.1, -0.05) is 0 Å². The van der Waals surface area contributed by atoms with Crippen LogP contribution in [0.15, 0.2) is 24.5 Å². The summed E-state index contributed by atoms with van der Waals surface area (Å²) in [6.07, 6.45) is 1.43. The molecule has 0 fully saturated rings. The van der Waals surface area contributed by atoms with Crippen LogP contribution in [-0.2, 0) is 0 Å². The molecule has 0 radical (unpaired) electrons. The number of aromatic nitrogens is 3. The van der Waals surface area contributed by atoms with Gasteiger partial charge in [0.05, 0.1) is 14.2 Å². The van der Waals surface area contributed by atoms with Crippen LogP contribution >= 0.6 is 0 Å². The Hall–Kier alpha value is -2.12. The molecule has 0 saturated carbocycles. The quantitative estimate of drug-likeness (QED) is 0.523. The lowest BCUT2D eigenvalue weighted by atomic mass is 10.1. The molecule has 1 atom stereocenters. The fraction of sp³-hybridized carbons (Fsp3) is 0.273. The van der Waals surface area contributed by atoms with E-state index in [1.807, 2.05) is 12.1 Å². The van der Waals surface area contributed by atoms with Crippen molar-refractivity contribution in [2.24, 2.45) is 5.84 Å². The number of nitrogens with zero attached hydrogens (tertiary/aromatic N) is 2. The van der Waals surface area contributed by atoms with E-state index in [9.17, 15) is 0 Å². The van der Waals surface area contributed by atoms with Crippen LogP contribution in [0.25, 0.3) is 0 Å². The Balaban J connectivity index is 2.41. The second-order valence-corrected chi connectivity index (χ2v) is 3.62. The van der Waals surface area contributed by atoms with Gasteiger partial charge in [0, 0.05) is 6.07 Å². The first-order valence-electron chi connectivity index (χ1n) is 5.33. The van der Waals surface area contributed by atoms with Gasteiger partial charge >= 0.3 is 0 Å². The summed E-state index contributed by atoms with van der Waals surface area (Å²) in [5.74, 6) is 7.55. The Kier molecular flexibility index (Phi) is 3.75. The molecule has 7 nitrogen and oxygen atoms in total. The van der Waals surface area contributed by atoms with E-state index in [2.05, 4.69) is 20.6 Å². The molecule has 0 aliphatic heterocycles. The highest BCUT2D eigenvalue weighted by atomic mass is 16.5. The lowest BCUT2D eigenvalue weighted by molar-refractivity contribution is 0.392. The van der Waals surface area contributed by atoms with Crippen LogP contribution in [0.5, 0.6) is 11.5 Å². The number of nitrogens with two attached hydrogens (primary N) is 1. The van der Waals surface area contributed by atoms with Crippen LogP contribution in [0.3, 0.4) is 0 Å². The molecule has 1 aromatic carbocycles. The van der Waals surface area contributed by atoms with E-state index in [1.54, 1.807) is 20.3 Å². The SMILES string of the molecule is COc1cc(OC)cc(C(NN)c2ncn[nH]2)c1. The minimum atomic E-state index is -0.309. The summed E-state index contributed by atoms with van der Waals surface area (Å²) < 4.78 is 10.4. The third-order valence-electron chi connectivity index (χ3n) is 2.58. The molecule has 0 bridgehead atoms. The highest BCUT2D eigenvalue weighted by molar-refractivity contribution is 5.41. The molecule has 18 heavy (non-hydrogen) atoms. The number of aromatic amines is 1. The van der Waals surface area contributed by atoms with Crippen molar-refractivity contribution in [3.05, 3.63) is 35.9 Å². The molecule has 0 aliphatic rings. The van der Waals surface area contributed by atoms with E-state index < -0.39 is 0 Å². The Morgan fingerprint density at radius 2 is 1.89 bits per heavy atom. The maximum atomic E-state index is 5.56. The fourth-order valence-corrected chi connectivity index (χ4v) is 1.68. The van der Waals surface area contributed by atoms with Crippen molar-refractivity contribution in [3.8, 4) is 11.5 Å². The second kappa shape index (κ2) is 5.48. The molecule has 2 rings (SSSR count). The standard InChI is InChI=1S/C11H15N5O2/c1-17-8-3-7(4-9(5-8)18-2)10(15-12)11-13-6-14-16-11/h3-6,10,15H,12H2,1-2H3,(H,13,14,16). The predicted octanol–water partition coefficient (Wildman–Crippen LogP) is 0.375. The van der Waals surface area contributed by atoms with Crippen LogP contribution in [0.2, 0.25) is 0 Å².